The maximum absolute atomic E-state index is 11.3. The highest BCUT2D eigenvalue weighted by molar-refractivity contribution is 8.14. The van der Waals surface area contributed by atoms with Crippen LogP contribution in [0.2, 0.25) is 0 Å². The predicted molar refractivity (Wildman–Crippen MR) is 77.4 cm³/mol. The highest BCUT2D eigenvalue weighted by Crippen LogP contribution is 2.30. The van der Waals surface area contributed by atoms with E-state index in [4.69, 9.17) is 0 Å². The standard InChI is InChI=1S/C13H17N3OS/c1-3-14-13(17)16-11-6-4-10(5-7-11)12-8-18-9(2)15-12/h4-7,12H,3,8H2,1-2H3,(H2,14,16,17). The van der Waals surface area contributed by atoms with Gasteiger partial charge in [0.1, 0.15) is 0 Å². The molecular weight excluding hydrogens is 246 g/mol. The molecule has 1 aromatic carbocycles. The lowest BCUT2D eigenvalue weighted by Gasteiger charge is -2.09. The van der Waals surface area contributed by atoms with Crippen LogP contribution in [0.5, 0.6) is 0 Å². The lowest BCUT2D eigenvalue weighted by atomic mass is 10.1. The summed E-state index contributed by atoms with van der Waals surface area (Å²) < 4.78 is 0. The number of urea groups is 1. The third kappa shape index (κ3) is 3.26. The molecule has 2 rings (SSSR count). The van der Waals surface area contributed by atoms with Crippen molar-refractivity contribution in [2.45, 2.75) is 19.9 Å². The van der Waals surface area contributed by atoms with Crippen LogP contribution in [0.4, 0.5) is 10.5 Å². The number of benzene rings is 1. The number of nitrogens with one attached hydrogen (secondary N) is 2. The summed E-state index contributed by atoms with van der Waals surface area (Å²) in [5.41, 5.74) is 2.00. The van der Waals surface area contributed by atoms with Crippen molar-refractivity contribution in [3.8, 4) is 0 Å². The molecule has 2 amide bonds. The number of anilines is 1. The molecule has 1 aromatic rings. The van der Waals surface area contributed by atoms with Gasteiger partial charge >= 0.3 is 6.03 Å². The van der Waals surface area contributed by atoms with Gasteiger partial charge in [0, 0.05) is 18.0 Å². The smallest absolute Gasteiger partial charge is 0.319 e. The number of amides is 2. The van der Waals surface area contributed by atoms with Gasteiger partial charge in [-0.05, 0) is 31.5 Å². The Kier molecular flexibility index (Phi) is 4.25. The monoisotopic (exact) mass is 263 g/mol. The van der Waals surface area contributed by atoms with Crippen molar-refractivity contribution in [1.29, 1.82) is 0 Å². The van der Waals surface area contributed by atoms with Crippen molar-refractivity contribution in [2.24, 2.45) is 4.99 Å². The Morgan fingerprint density at radius 2 is 2.17 bits per heavy atom. The van der Waals surface area contributed by atoms with E-state index in [0.29, 0.717) is 6.54 Å². The highest BCUT2D eigenvalue weighted by atomic mass is 32.2. The molecule has 1 unspecified atom stereocenters. The van der Waals surface area contributed by atoms with Crippen LogP contribution in [-0.2, 0) is 0 Å². The lowest BCUT2D eigenvalue weighted by molar-refractivity contribution is 0.252. The molecule has 96 valence electrons. The van der Waals surface area contributed by atoms with E-state index in [-0.39, 0.29) is 12.1 Å². The molecule has 5 heteroatoms. The maximum atomic E-state index is 11.3. The first-order chi connectivity index (χ1) is 8.69. The Morgan fingerprint density at radius 1 is 1.44 bits per heavy atom. The van der Waals surface area contributed by atoms with Gasteiger partial charge in [0.2, 0.25) is 0 Å². The van der Waals surface area contributed by atoms with Crippen LogP contribution >= 0.6 is 11.8 Å². The van der Waals surface area contributed by atoms with E-state index < -0.39 is 0 Å². The van der Waals surface area contributed by atoms with E-state index in [0.717, 1.165) is 16.5 Å². The Morgan fingerprint density at radius 3 is 2.72 bits per heavy atom. The SMILES string of the molecule is CCNC(=O)Nc1ccc(C2CSC(C)=N2)cc1. The van der Waals surface area contributed by atoms with Crippen LogP contribution in [0.15, 0.2) is 29.3 Å². The highest BCUT2D eigenvalue weighted by Gasteiger charge is 2.16. The number of hydrogen-bond acceptors (Lipinski definition) is 3. The summed E-state index contributed by atoms with van der Waals surface area (Å²) in [5.74, 6) is 1.01. The van der Waals surface area contributed by atoms with Gasteiger partial charge in [-0.25, -0.2) is 4.79 Å². The number of thioether (sulfide) groups is 1. The quantitative estimate of drug-likeness (QED) is 0.880. The topological polar surface area (TPSA) is 53.5 Å². The van der Waals surface area contributed by atoms with E-state index in [1.54, 1.807) is 11.8 Å². The third-order valence-corrected chi connectivity index (χ3v) is 3.68. The summed E-state index contributed by atoms with van der Waals surface area (Å²) in [6.07, 6.45) is 0. The molecule has 4 nitrogen and oxygen atoms in total. The normalized spacial score (nSPS) is 18.3. The fraction of sp³-hybridized carbons (Fsp3) is 0.385. The number of carbonyl (C=O) groups is 1. The van der Waals surface area contributed by atoms with Crippen molar-refractivity contribution >= 4 is 28.5 Å². The zero-order valence-corrected chi connectivity index (χ0v) is 11.4. The molecule has 1 aliphatic rings. The maximum Gasteiger partial charge on any atom is 0.319 e. The molecular formula is C13H17N3OS. The van der Waals surface area contributed by atoms with Gasteiger partial charge in [-0.3, -0.25) is 4.99 Å². The molecule has 0 fully saturated rings. The molecule has 0 bridgehead atoms. The first kappa shape index (κ1) is 13.0. The van der Waals surface area contributed by atoms with Crippen LogP contribution in [-0.4, -0.2) is 23.4 Å². The number of carbonyl (C=O) groups excluding carboxylic acids is 1. The molecule has 0 radical (unpaired) electrons. The van der Waals surface area contributed by atoms with Crippen molar-refractivity contribution in [3.05, 3.63) is 29.8 Å². The molecule has 1 heterocycles. The Bertz CT molecular complexity index is 456. The second kappa shape index (κ2) is 5.91. The molecule has 0 aromatic heterocycles. The van der Waals surface area contributed by atoms with Crippen molar-refractivity contribution < 1.29 is 4.79 Å². The number of rotatable bonds is 3. The largest absolute Gasteiger partial charge is 0.338 e. The van der Waals surface area contributed by atoms with Crippen molar-refractivity contribution in [2.75, 3.05) is 17.6 Å². The van der Waals surface area contributed by atoms with Crippen LogP contribution in [0.1, 0.15) is 25.5 Å². The van der Waals surface area contributed by atoms with Crippen LogP contribution < -0.4 is 10.6 Å². The zero-order valence-electron chi connectivity index (χ0n) is 10.6. The lowest BCUT2D eigenvalue weighted by Crippen LogP contribution is -2.28. The van der Waals surface area contributed by atoms with E-state index in [9.17, 15) is 4.79 Å². The number of aliphatic imine (C=N–C) groups is 1. The predicted octanol–water partition coefficient (Wildman–Crippen LogP) is 3.03. The summed E-state index contributed by atoms with van der Waals surface area (Å²) in [7, 11) is 0. The summed E-state index contributed by atoms with van der Waals surface area (Å²) in [6, 6.07) is 7.96. The van der Waals surface area contributed by atoms with Gasteiger partial charge in [-0.2, -0.15) is 0 Å². The first-order valence-corrected chi connectivity index (χ1v) is 6.99. The van der Waals surface area contributed by atoms with Gasteiger partial charge in [-0.1, -0.05) is 12.1 Å². The van der Waals surface area contributed by atoms with Crippen LogP contribution in [0.3, 0.4) is 0 Å². The minimum Gasteiger partial charge on any atom is -0.338 e. The van der Waals surface area contributed by atoms with E-state index >= 15 is 0 Å². The van der Waals surface area contributed by atoms with Crippen LogP contribution in [0.25, 0.3) is 0 Å². The summed E-state index contributed by atoms with van der Waals surface area (Å²) in [5, 5.41) is 6.62. The minimum absolute atomic E-state index is 0.171. The molecule has 18 heavy (non-hydrogen) atoms. The first-order valence-electron chi connectivity index (χ1n) is 6.01. The van der Waals surface area contributed by atoms with Gasteiger partial charge in [0.15, 0.2) is 0 Å². The number of hydrogen-bond donors (Lipinski definition) is 2. The van der Waals surface area contributed by atoms with E-state index in [2.05, 4.69) is 15.6 Å². The van der Waals surface area contributed by atoms with Crippen LogP contribution in [0, 0.1) is 0 Å². The molecule has 0 saturated heterocycles. The molecule has 2 N–H and O–H groups in total. The third-order valence-electron chi connectivity index (χ3n) is 2.68. The molecule has 1 atom stereocenters. The summed E-state index contributed by atoms with van der Waals surface area (Å²) in [6.45, 7) is 4.55. The average molecular weight is 263 g/mol. The van der Waals surface area contributed by atoms with Gasteiger partial charge in [0.05, 0.1) is 11.1 Å². The molecule has 0 aliphatic carbocycles. The van der Waals surface area contributed by atoms with Gasteiger partial charge in [-0.15, -0.1) is 11.8 Å². The number of nitrogens with zero attached hydrogens (tertiary/aromatic N) is 1. The Labute approximate surface area is 111 Å². The average Bonchev–Trinajstić information content (AvgIpc) is 2.77. The molecule has 1 aliphatic heterocycles. The minimum atomic E-state index is -0.171. The second-order valence-electron chi connectivity index (χ2n) is 4.08. The van der Waals surface area contributed by atoms with Gasteiger partial charge < -0.3 is 10.6 Å². The zero-order chi connectivity index (χ0) is 13.0. The van der Waals surface area contributed by atoms with Gasteiger partial charge in [0.25, 0.3) is 0 Å². The van der Waals surface area contributed by atoms with Crippen molar-refractivity contribution in [3.63, 3.8) is 0 Å². The fourth-order valence-corrected chi connectivity index (χ4v) is 2.66. The van der Waals surface area contributed by atoms with E-state index in [1.807, 2.05) is 38.1 Å². The van der Waals surface area contributed by atoms with Crippen molar-refractivity contribution in [1.82, 2.24) is 5.32 Å². The fourth-order valence-electron chi connectivity index (χ4n) is 1.79. The van der Waals surface area contributed by atoms with E-state index in [1.165, 1.54) is 5.56 Å². The molecule has 0 saturated carbocycles. The Hall–Kier alpha value is -1.49. The second-order valence-corrected chi connectivity index (χ2v) is 5.29. The summed E-state index contributed by atoms with van der Waals surface area (Å²) in [4.78, 5) is 15.9. The molecule has 0 spiro atoms. The summed E-state index contributed by atoms with van der Waals surface area (Å²) >= 11 is 1.79. The Balaban J connectivity index is 1.99.